The van der Waals surface area contributed by atoms with Crippen molar-refractivity contribution >= 4 is 5.91 Å². The van der Waals surface area contributed by atoms with Crippen LogP contribution >= 0.6 is 0 Å². The zero-order chi connectivity index (χ0) is 31.0. The fourth-order valence-corrected chi connectivity index (χ4v) is 5.57. The second-order valence-corrected chi connectivity index (χ2v) is 12.3. The number of hydrogen-bond acceptors (Lipinski definition) is 8. The molecule has 0 spiro atoms. The molecule has 1 saturated heterocycles. The van der Waals surface area contributed by atoms with Crippen molar-refractivity contribution in [3.05, 3.63) is 0 Å². The predicted molar refractivity (Wildman–Crippen MR) is 166 cm³/mol. The number of carbonyl (C=O) groups is 1. The van der Waals surface area contributed by atoms with Crippen LogP contribution in [0.25, 0.3) is 0 Å². The molecule has 1 aliphatic heterocycles. The van der Waals surface area contributed by atoms with Crippen LogP contribution in [0.5, 0.6) is 0 Å². The van der Waals surface area contributed by atoms with Crippen molar-refractivity contribution in [3.8, 4) is 0 Å². The lowest BCUT2D eigenvalue weighted by Crippen LogP contribution is -2.60. The molecule has 9 heteroatoms. The molecule has 0 aromatic heterocycles. The summed E-state index contributed by atoms with van der Waals surface area (Å²) < 4.78 is 11.0. The first-order chi connectivity index (χ1) is 20.3. The van der Waals surface area contributed by atoms with Gasteiger partial charge in [0, 0.05) is 6.42 Å². The molecule has 1 heterocycles. The Kier molecular flexibility index (Phi) is 23.8. The molecule has 1 amide bonds. The number of nitrogens with one attached hydrogen (secondary N) is 1. The van der Waals surface area contributed by atoms with Crippen molar-refractivity contribution in [2.45, 2.75) is 192 Å². The standard InChI is InChI=1S/C33H65NO8/c1-3-5-7-8-9-10-11-12-13-14-15-16-17-18-19-21-23-29(37)34-26(27(36)22-20-6-4-2)25-41-33-32(40)31(39)30(38)28(24-35)42-33/h26-28,30-33,35-36,38-40H,3-25H2,1-2H3,(H,34,37). The van der Waals surface area contributed by atoms with Gasteiger partial charge in [-0.1, -0.05) is 129 Å². The van der Waals surface area contributed by atoms with Gasteiger partial charge in [0.15, 0.2) is 6.29 Å². The molecule has 9 nitrogen and oxygen atoms in total. The number of rotatable bonds is 27. The number of unbranched alkanes of at least 4 members (excludes halogenated alkanes) is 17. The number of aliphatic hydroxyl groups excluding tert-OH is 5. The Morgan fingerprint density at radius 2 is 1.19 bits per heavy atom. The Morgan fingerprint density at radius 1 is 0.714 bits per heavy atom. The Hall–Kier alpha value is -0.810. The molecular weight excluding hydrogens is 538 g/mol. The Bertz CT molecular complexity index is 637. The van der Waals surface area contributed by atoms with Crippen LogP contribution in [0.2, 0.25) is 0 Å². The van der Waals surface area contributed by atoms with Gasteiger partial charge in [-0.05, 0) is 12.8 Å². The average molecular weight is 604 g/mol. The van der Waals surface area contributed by atoms with Crippen LogP contribution in [0.1, 0.15) is 149 Å². The van der Waals surface area contributed by atoms with Crippen molar-refractivity contribution in [1.82, 2.24) is 5.32 Å². The highest BCUT2D eigenvalue weighted by molar-refractivity contribution is 5.76. The van der Waals surface area contributed by atoms with Gasteiger partial charge in [0.1, 0.15) is 24.4 Å². The fraction of sp³-hybridized carbons (Fsp3) is 0.970. The van der Waals surface area contributed by atoms with Crippen molar-refractivity contribution in [2.24, 2.45) is 0 Å². The summed E-state index contributed by atoms with van der Waals surface area (Å²) >= 11 is 0. The Morgan fingerprint density at radius 3 is 1.69 bits per heavy atom. The minimum atomic E-state index is -1.54. The molecule has 250 valence electrons. The van der Waals surface area contributed by atoms with Gasteiger partial charge in [-0.3, -0.25) is 4.79 Å². The quantitative estimate of drug-likeness (QED) is 0.0728. The van der Waals surface area contributed by atoms with E-state index in [4.69, 9.17) is 9.47 Å². The summed E-state index contributed by atoms with van der Waals surface area (Å²) in [6, 6.07) is -0.706. The van der Waals surface area contributed by atoms with E-state index in [9.17, 15) is 30.3 Å². The van der Waals surface area contributed by atoms with E-state index in [0.29, 0.717) is 12.8 Å². The molecule has 0 radical (unpaired) electrons. The largest absolute Gasteiger partial charge is 0.394 e. The zero-order valence-corrected chi connectivity index (χ0v) is 26.8. The van der Waals surface area contributed by atoms with Crippen molar-refractivity contribution < 1.29 is 39.8 Å². The molecule has 1 fully saturated rings. The van der Waals surface area contributed by atoms with E-state index in [1.54, 1.807) is 0 Å². The number of aliphatic hydroxyl groups is 5. The van der Waals surface area contributed by atoms with E-state index >= 15 is 0 Å². The summed E-state index contributed by atoms with van der Waals surface area (Å²) in [5, 5.41) is 53.3. The molecule has 7 unspecified atom stereocenters. The first-order valence-electron chi connectivity index (χ1n) is 17.2. The maximum atomic E-state index is 12.7. The summed E-state index contributed by atoms with van der Waals surface area (Å²) in [4.78, 5) is 12.7. The second-order valence-electron chi connectivity index (χ2n) is 12.3. The van der Waals surface area contributed by atoms with E-state index < -0.39 is 49.5 Å². The predicted octanol–water partition coefficient (Wildman–Crippen LogP) is 4.88. The normalized spacial score (nSPS) is 24.0. The fourth-order valence-electron chi connectivity index (χ4n) is 5.57. The van der Waals surface area contributed by atoms with Gasteiger partial charge in [-0.15, -0.1) is 0 Å². The van der Waals surface area contributed by atoms with Gasteiger partial charge in [0.25, 0.3) is 0 Å². The van der Waals surface area contributed by atoms with Crippen molar-refractivity contribution in [3.63, 3.8) is 0 Å². The number of hydrogen-bond donors (Lipinski definition) is 6. The summed E-state index contributed by atoms with van der Waals surface area (Å²) in [5.74, 6) is -0.155. The molecule has 1 aliphatic rings. The van der Waals surface area contributed by atoms with Gasteiger partial charge in [-0.25, -0.2) is 0 Å². The zero-order valence-electron chi connectivity index (χ0n) is 26.8. The first kappa shape index (κ1) is 39.2. The summed E-state index contributed by atoms with van der Waals surface area (Å²) in [5.41, 5.74) is 0. The van der Waals surface area contributed by atoms with Crippen LogP contribution in [0, 0.1) is 0 Å². The van der Waals surface area contributed by atoms with Crippen LogP contribution in [0.3, 0.4) is 0 Å². The van der Waals surface area contributed by atoms with Crippen LogP contribution in [0.15, 0.2) is 0 Å². The highest BCUT2D eigenvalue weighted by atomic mass is 16.7. The summed E-state index contributed by atoms with van der Waals surface area (Å²) in [6.07, 6.45) is 16.2. The minimum absolute atomic E-state index is 0.138. The van der Waals surface area contributed by atoms with E-state index in [-0.39, 0.29) is 12.5 Å². The number of ether oxygens (including phenoxy) is 2. The molecule has 0 saturated carbocycles. The lowest BCUT2D eigenvalue weighted by atomic mass is 9.99. The van der Waals surface area contributed by atoms with Crippen LogP contribution in [-0.4, -0.2) is 87.5 Å². The maximum absolute atomic E-state index is 12.7. The Labute approximate surface area is 255 Å². The lowest BCUT2D eigenvalue weighted by molar-refractivity contribution is -0.302. The van der Waals surface area contributed by atoms with Gasteiger partial charge < -0.3 is 40.3 Å². The monoisotopic (exact) mass is 603 g/mol. The van der Waals surface area contributed by atoms with E-state index in [1.165, 1.54) is 83.5 Å². The summed E-state index contributed by atoms with van der Waals surface area (Å²) in [7, 11) is 0. The highest BCUT2D eigenvalue weighted by Gasteiger charge is 2.44. The topological polar surface area (TPSA) is 149 Å². The van der Waals surface area contributed by atoms with E-state index in [0.717, 1.165) is 38.5 Å². The van der Waals surface area contributed by atoms with Crippen molar-refractivity contribution in [2.75, 3.05) is 13.2 Å². The molecule has 6 N–H and O–H groups in total. The van der Waals surface area contributed by atoms with E-state index in [1.807, 2.05) is 0 Å². The van der Waals surface area contributed by atoms with E-state index in [2.05, 4.69) is 19.2 Å². The van der Waals surface area contributed by atoms with Crippen LogP contribution < -0.4 is 5.32 Å². The molecule has 0 aliphatic carbocycles. The molecule has 1 rings (SSSR count). The van der Waals surface area contributed by atoms with Gasteiger partial charge in [0.05, 0.1) is 25.4 Å². The third-order valence-electron chi connectivity index (χ3n) is 8.46. The molecule has 0 aromatic carbocycles. The average Bonchev–Trinajstić information content (AvgIpc) is 2.98. The second kappa shape index (κ2) is 25.5. The third-order valence-corrected chi connectivity index (χ3v) is 8.46. The first-order valence-corrected chi connectivity index (χ1v) is 17.2. The van der Waals surface area contributed by atoms with Gasteiger partial charge in [-0.2, -0.15) is 0 Å². The molecule has 0 aromatic rings. The SMILES string of the molecule is CCCCCCCCCCCCCCCCCCC(=O)NC(COC1OC(CO)C(O)C(O)C1O)C(O)CCCCC. The summed E-state index contributed by atoms with van der Waals surface area (Å²) in [6.45, 7) is 3.65. The Balaban J connectivity index is 2.25. The molecule has 42 heavy (non-hydrogen) atoms. The molecule has 0 bridgehead atoms. The minimum Gasteiger partial charge on any atom is -0.394 e. The van der Waals surface area contributed by atoms with Gasteiger partial charge >= 0.3 is 0 Å². The smallest absolute Gasteiger partial charge is 0.220 e. The number of amides is 1. The molecule has 7 atom stereocenters. The van der Waals surface area contributed by atoms with Crippen LogP contribution in [0.4, 0.5) is 0 Å². The maximum Gasteiger partial charge on any atom is 0.220 e. The third kappa shape index (κ3) is 17.5. The number of carbonyl (C=O) groups excluding carboxylic acids is 1. The lowest BCUT2D eigenvalue weighted by Gasteiger charge is -2.40. The van der Waals surface area contributed by atoms with Gasteiger partial charge in [0.2, 0.25) is 5.91 Å². The highest BCUT2D eigenvalue weighted by Crippen LogP contribution is 2.22. The van der Waals surface area contributed by atoms with Crippen LogP contribution in [-0.2, 0) is 14.3 Å². The van der Waals surface area contributed by atoms with Crippen molar-refractivity contribution in [1.29, 1.82) is 0 Å². The molecular formula is C33H65NO8.